The number of rotatable bonds is 6. The normalized spacial score (nSPS) is 11.4. The average molecular weight is 398 g/mol. The van der Waals surface area contributed by atoms with Crippen molar-refractivity contribution < 1.29 is 9.90 Å². The fourth-order valence-electron chi connectivity index (χ4n) is 2.69. The summed E-state index contributed by atoms with van der Waals surface area (Å²) in [7, 11) is 0. The summed E-state index contributed by atoms with van der Waals surface area (Å²) in [5.41, 5.74) is 1.50. The number of nitrogens with zero attached hydrogens (tertiary/aromatic N) is 5. The van der Waals surface area contributed by atoms with Gasteiger partial charge in [-0.05, 0) is 61.0 Å². The van der Waals surface area contributed by atoms with Crippen molar-refractivity contribution in [1.29, 1.82) is 0 Å². The van der Waals surface area contributed by atoms with E-state index >= 15 is 0 Å². The maximum atomic E-state index is 13.0. The zero-order valence-electron chi connectivity index (χ0n) is 16.1. The summed E-state index contributed by atoms with van der Waals surface area (Å²) in [6.45, 7) is 6.63. The van der Waals surface area contributed by atoms with Crippen LogP contribution in [0.2, 0.25) is 0 Å². The number of aromatic nitrogens is 4. The Hall–Kier alpha value is -2.87. The van der Waals surface area contributed by atoms with E-state index in [-0.39, 0.29) is 22.9 Å². The van der Waals surface area contributed by atoms with Gasteiger partial charge in [-0.25, -0.2) is 0 Å². The summed E-state index contributed by atoms with van der Waals surface area (Å²) in [4.78, 5) is 14.8. The second-order valence-electron chi connectivity index (χ2n) is 7.31. The van der Waals surface area contributed by atoms with Crippen LogP contribution in [0.3, 0.4) is 0 Å². The van der Waals surface area contributed by atoms with Gasteiger partial charge in [-0.15, -0.1) is 5.10 Å². The van der Waals surface area contributed by atoms with E-state index < -0.39 is 0 Å². The molecule has 0 atom stereocenters. The second kappa shape index (κ2) is 8.43. The van der Waals surface area contributed by atoms with Crippen molar-refractivity contribution >= 4 is 17.7 Å². The quantitative estimate of drug-likeness (QED) is 0.643. The van der Waals surface area contributed by atoms with E-state index in [0.29, 0.717) is 11.7 Å². The van der Waals surface area contributed by atoms with Gasteiger partial charge in [0.15, 0.2) is 0 Å². The molecule has 1 N–H and O–H groups in total. The Morgan fingerprint density at radius 2 is 1.79 bits per heavy atom. The summed E-state index contributed by atoms with van der Waals surface area (Å²) in [6, 6.07) is 16.5. The van der Waals surface area contributed by atoms with Crippen molar-refractivity contribution in [2.75, 3.05) is 5.75 Å². The number of hydrogen-bond acceptors (Lipinski definition) is 6. The molecule has 3 aromatic rings. The van der Waals surface area contributed by atoms with Crippen LogP contribution < -0.4 is 0 Å². The molecular weight excluding hydrogens is 374 g/mol. The van der Waals surface area contributed by atoms with E-state index in [0.717, 1.165) is 11.3 Å². The molecule has 28 heavy (non-hydrogen) atoms. The highest BCUT2D eigenvalue weighted by Crippen LogP contribution is 2.23. The number of phenolic OH excluding ortho intramolecular Hbond substituents is 1. The van der Waals surface area contributed by atoms with Gasteiger partial charge >= 0.3 is 0 Å². The maximum absolute atomic E-state index is 13.0. The first-order valence-corrected chi connectivity index (χ1v) is 9.88. The predicted molar refractivity (Wildman–Crippen MR) is 108 cm³/mol. The van der Waals surface area contributed by atoms with Crippen LogP contribution in [0.4, 0.5) is 0 Å². The average Bonchev–Trinajstić information content (AvgIpc) is 3.13. The highest BCUT2D eigenvalue weighted by Gasteiger charge is 2.27. The number of carbonyl (C=O) groups is 1. The fourth-order valence-corrected chi connectivity index (χ4v) is 3.46. The molecule has 0 bridgehead atoms. The van der Waals surface area contributed by atoms with Gasteiger partial charge in [0.25, 0.3) is 0 Å². The molecule has 7 nitrogen and oxygen atoms in total. The van der Waals surface area contributed by atoms with Gasteiger partial charge in [-0.2, -0.15) is 4.68 Å². The van der Waals surface area contributed by atoms with Crippen molar-refractivity contribution in [2.45, 2.75) is 38.0 Å². The van der Waals surface area contributed by atoms with Crippen molar-refractivity contribution in [2.24, 2.45) is 0 Å². The van der Waals surface area contributed by atoms with Crippen molar-refractivity contribution in [3.63, 3.8) is 0 Å². The van der Waals surface area contributed by atoms with E-state index in [1.165, 1.54) is 11.8 Å². The number of amides is 1. The van der Waals surface area contributed by atoms with E-state index in [1.54, 1.807) is 28.9 Å². The number of thioether (sulfide) groups is 1. The third-order valence-corrected chi connectivity index (χ3v) is 5.06. The molecule has 1 amide bonds. The topological polar surface area (TPSA) is 84.1 Å². The Bertz CT molecular complexity index is 920. The standard InChI is InChI=1S/C20H23N5O2S/c1-20(2,3)24(13-15-7-5-4-6-8-15)18(27)14-28-19-21-22-23-25(19)16-9-11-17(26)12-10-16/h4-12,26H,13-14H2,1-3H3. The molecule has 0 unspecified atom stereocenters. The molecule has 0 spiro atoms. The smallest absolute Gasteiger partial charge is 0.233 e. The number of hydrogen-bond donors (Lipinski definition) is 1. The van der Waals surface area contributed by atoms with Gasteiger partial charge in [0, 0.05) is 12.1 Å². The van der Waals surface area contributed by atoms with Gasteiger partial charge in [0.05, 0.1) is 11.4 Å². The lowest BCUT2D eigenvalue weighted by Gasteiger charge is -2.36. The van der Waals surface area contributed by atoms with E-state index in [9.17, 15) is 9.90 Å². The minimum Gasteiger partial charge on any atom is -0.508 e. The van der Waals surface area contributed by atoms with Crippen molar-refractivity contribution in [3.8, 4) is 11.4 Å². The molecule has 1 heterocycles. The van der Waals surface area contributed by atoms with E-state index in [1.807, 2.05) is 56.0 Å². The molecule has 1 aromatic heterocycles. The molecule has 0 aliphatic rings. The van der Waals surface area contributed by atoms with Gasteiger partial charge in [-0.3, -0.25) is 4.79 Å². The van der Waals surface area contributed by atoms with Gasteiger partial charge in [-0.1, -0.05) is 42.1 Å². The second-order valence-corrected chi connectivity index (χ2v) is 8.26. The van der Waals surface area contributed by atoms with Gasteiger partial charge in [0.1, 0.15) is 5.75 Å². The highest BCUT2D eigenvalue weighted by molar-refractivity contribution is 7.99. The Balaban J connectivity index is 1.72. The van der Waals surface area contributed by atoms with Crippen LogP contribution in [0.25, 0.3) is 5.69 Å². The third-order valence-electron chi connectivity index (χ3n) is 4.15. The zero-order valence-corrected chi connectivity index (χ0v) is 16.9. The Morgan fingerprint density at radius 3 is 2.43 bits per heavy atom. The lowest BCUT2D eigenvalue weighted by Crippen LogP contribution is -2.45. The number of carbonyl (C=O) groups excluding carboxylic acids is 1. The largest absolute Gasteiger partial charge is 0.508 e. The number of tetrazole rings is 1. The minimum atomic E-state index is -0.309. The van der Waals surface area contributed by atoms with Crippen LogP contribution in [-0.4, -0.2) is 47.4 Å². The summed E-state index contributed by atoms with van der Waals surface area (Å²) >= 11 is 1.29. The van der Waals surface area contributed by atoms with Crippen LogP contribution in [0, 0.1) is 0 Å². The monoisotopic (exact) mass is 397 g/mol. The fraction of sp³-hybridized carbons (Fsp3) is 0.300. The molecule has 0 saturated heterocycles. The molecule has 3 rings (SSSR count). The molecule has 0 saturated carbocycles. The molecule has 0 fully saturated rings. The minimum absolute atomic E-state index is 0.0154. The number of benzene rings is 2. The van der Waals surface area contributed by atoms with Crippen LogP contribution >= 0.6 is 11.8 Å². The Labute approximate surface area is 168 Å². The molecule has 8 heteroatoms. The first-order valence-electron chi connectivity index (χ1n) is 8.89. The van der Waals surface area contributed by atoms with E-state index in [2.05, 4.69) is 15.5 Å². The van der Waals surface area contributed by atoms with Crippen LogP contribution in [0.15, 0.2) is 59.8 Å². The SMILES string of the molecule is CC(C)(C)N(Cc1ccccc1)C(=O)CSc1nnnn1-c1ccc(O)cc1. The lowest BCUT2D eigenvalue weighted by atomic mass is 10.0. The lowest BCUT2D eigenvalue weighted by molar-refractivity contribution is -0.133. The summed E-state index contributed by atoms with van der Waals surface area (Å²) in [6.07, 6.45) is 0. The molecule has 0 aliphatic carbocycles. The zero-order chi connectivity index (χ0) is 20.1. The van der Waals surface area contributed by atoms with E-state index in [4.69, 9.17) is 0 Å². The number of aromatic hydroxyl groups is 1. The molecule has 0 aliphatic heterocycles. The number of phenols is 1. The highest BCUT2D eigenvalue weighted by atomic mass is 32.2. The third kappa shape index (κ3) is 4.89. The maximum Gasteiger partial charge on any atom is 0.233 e. The van der Waals surface area contributed by atoms with Crippen LogP contribution in [-0.2, 0) is 11.3 Å². The summed E-state index contributed by atoms with van der Waals surface area (Å²) in [5.74, 6) is 0.410. The molecule has 146 valence electrons. The molecule has 0 radical (unpaired) electrons. The van der Waals surface area contributed by atoms with Crippen LogP contribution in [0.1, 0.15) is 26.3 Å². The Morgan fingerprint density at radius 1 is 1.11 bits per heavy atom. The predicted octanol–water partition coefficient (Wildman–Crippen LogP) is 3.29. The van der Waals surface area contributed by atoms with Crippen molar-refractivity contribution in [1.82, 2.24) is 25.1 Å². The van der Waals surface area contributed by atoms with Gasteiger partial charge < -0.3 is 10.0 Å². The Kier molecular flexibility index (Phi) is 5.99. The molecule has 2 aromatic carbocycles. The van der Waals surface area contributed by atoms with Gasteiger partial charge in [0.2, 0.25) is 11.1 Å². The first-order chi connectivity index (χ1) is 13.3. The summed E-state index contributed by atoms with van der Waals surface area (Å²) < 4.78 is 1.55. The van der Waals surface area contributed by atoms with Crippen molar-refractivity contribution in [3.05, 3.63) is 60.2 Å². The van der Waals surface area contributed by atoms with Crippen LogP contribution in [0.5, 0.6) is 5.75 Å². The summed E-state index contributed by atoms with van der Waals surface area (Å²) in [5, 5.41) is 21.7. The molecular formula is C20H23N5O2S. The first kappa shape index (κ1) is 19.9.